The predicted octanol–water partition coefficient (Wildman–Crippen LogP) is 3.39. The lowest BCUT2D eigenvalue weighted by atomic mass is 10.0. The molecule has 0 aliphatic carbocycles. The maximum absolute atomic E-state index is 5.72. The maximum atomic E-state index is 5.72. The molecule has 1 rings (SSSR count). The van der Waals surface area contributed by atoms with Gasteiger partial charge >= 0.3 is 0 Å². The summed E-state index contributed by atoms with van der Waals surface area (Å²) < 4.78 is 11.4. The third kappa shape index (κ3) is 6.51. The Labute approximate surface area is 123 Å². The van der Waals surface area contributed by atoms with E-state index in [1.807, 2.05) is 13.8 Å². The van der Waals surface area contributed by atoms with E-state index in [9.17, 15) is 0 Å². The lowest BCUT2D eigenvalue weighted by molar-refractivity contribution is -0.154. The zero-order valence-corrected chi connectivity index (χ0v) is 13.1. The molecule has 0 amide bonds. The highest BCUT2D eigenvalue weighted by atomic mass is 16.7. The minimum atomic E-state index is -0.138. The monoisotopic (exact) mass is 279 g/mol. The van der Waals surface area contributed by atoms with Crippen molar-refractivity contribution >= 4 is 0 Å². The number of nitrogens with one attached hydrogen (secondary N) is 1. The molecule has 0 bridgehead atoms. The Bertz CT molecular complexity index is 323. The van der Waals surface area contributed by atoms with Gasteiger partial charge in [0.25, 0.3) is 0 Å². The highest BCUT2D eigenvalue weighted by molar-refractivity contribution is 5.14. The Hall–Kier alpha value is -0.900. The van der Waals surface area contributed by atoms with E-state index < -0.39 is 0 Å². The second-order valence-electron chi connectivity index (χ2n) is 4.82. The van der Waals surface area contributed by atoms with E-state index >= 15 is 0 Å². The zero-order chi connectivity index (χ0) is 14.6. The summed E-state index contributed by atoms with van der Waals surface area (Å²) in [6.07, 6.45) is 3.17. The molecule has 1 aromatic rings. The zero-order valence-electron chi connectivity index (χ0n) is 13.1. The summed E-state index contributed by atoms with van der Waals surface area (Å²) in [7, 11) is 0. The third-order valence-electron chi connectivity index (χ3n) is 3.28. The average Bonchev–Trinajstić information content (AvgIpc) is 2.47. The van der Waals surface area contributed by atoms with Crippen LogP contribution in [-0.4, -0.2) is 32.1 Å². The summed E-state index contributed by atoms with van der Waals surface area (Å²) in [6.45, 7) is 8.46. The van der Waals surface area contributed by atoms with Crippen LogP contribution in [0.15, 0.2) is 30.3 Å². The van der Waals surface area contributed by atoms with Gasteiger partial charge in [0.2, 0.25) is 0 Å². The van der Waals surface area contributed by atoms with Crippen molar-refractivity contribution < 1.29 is 9.47 Å². The number of hydrogen-bond acceptors (Lipinski definition) is 3. The topological polar surface area (TPSA) is 30.5 Å². The number of benzene rings is 1. The average molecular weight is 279 g/mol. The standard InChI is InChI=1S/C17H29NO2/c1-4-18-16(17(19-5-2)20-6-3)14-10-13-15-11-8-7-9-12-15/h7-9,11-12,16-18H,4-6,10,13-14H2,1-3H3. The summed E-state index contributed by atoms with van der Waals surface area (Å²) in [6, 6.07) is 10.9. The van der Waals surface area contributed by atoms with E-state index in [1.165, 1.54) is 5.56 Å². The van der Waals surface area contributed by atoms with Gasteiger partial charge in [0.1, 0.15) is 0 Å². The molecule has 0 radical (unpaired) electrons. The van der Waals surface area contributed by atoms with Gasteiger partial charge in [-0.3, -0.25) is 0 Å². The number of likely N-dealkylation sites (N-methyl/N-ethyl adjacent to an activating group) is 1. The molecule has 1 atom stereocenters. The Balaban J connectivity index is 2.44. The lowest BCUT2D eigenvalue weighted by Gasteiger charge is -2.27. The van der Waals surface area contributed by atoms with Crippen LogP contribution in [0.2, 0.25) is 0 Å². The minimum Gasteiger partial charge on any atom is -0.351 e. The lowest BCUT2D eigenvalue weighted by Crippen LogP contribution is -2.43. The summed E-state index contributed by atoms with van der Waals surface area (Å²) >= 11 is 0. The quantitative estimate of drug-likeness (QED) is 0.630. The molecule has 0 aliphatic rings. The van der Waals surface area contributed by atoms with Crippen LogP contribution in [0, 0.1) is 0 Å². The molecule has 1 N–H and O–H groups in total. The minimum absolute atomic E-state index is 0.138. The molecule has 0 aliphatic heterocycles. The molecule has 1 unspecified atom stereocenters. The van der Waals surface area contributed by atoms with E-state index in [2.05, 4.69) is 42.6 Å². The molecule has 0 heterocycles. The smallest absolute Gasteiger partial charge is 0.172 e. The van der Waals surface area contributed by atoms with Crippen molar-refractivity contribution in [2.45, 2.75) is 52.4 Å². The van der Waals surface area contributed by atoms with Crippen molar-refractivity contribution in [2.24, 2.45) is 0 Å². The molecule has 0 saturated carbocycles. The molecule has 3 heteroatoms. The molecular weight excluding hydrogens is 250 g/mol. The summed E-state index contributed by atoms with van der Waals surface area (Å²) in [5, 5.41) is 3.49. The Morgan fingerprint density at radius 2 is 1.65 bits per heavy atom. The summed E-state index contributed by atoms with van der Waals surface area (Å²) in [5.41, 5.74) is 1.40. The molecule has 0 saturated heterocycles. The van der Waals surface area contributed by atoms with E-state index in [0.29, 0.717) is 13.2 Å². The van der Waals surface area contributed by atoms with Gasteiger partial charge in [0.15, 0.2) is 6.29 Å². The van der Waals surface area contributed by atoms with Gasteiger partial charge in [-0.15, -0.1) is 0 Å². The summed E-state index contributed by atoms with van der Waals surface area (Å²) in [4.78, 5) is 0. The molecule has 0 aromatic heterocycles. The van der Waals surface area contributed by atoms with Crippen molar-refractivity contribution in [2.75, 3.05) is 19.8 Å². The molecule has 0 spiro atoms. The largest absolute Gasteiger partial charge is 0.351 e. The number of aryl methyl sites for hydroxylation is 1. The Morgan fingerprint density at radius 1 is 1.00 bits per heavy atom. The molecule has 20 heavy (non-hydrogen) atoms. The van der Waals surface area contributed by atoms with Gasteiger partial charge in [-0.1, -0.05) is 37.3 Å². The first-order valence-corrected chi connectivity index (χ1v) is 7.82. The van der Waals surface area contributed by atoms with Crippen molar-refractivity contribution in [3.8, 4) is 0 Å². The first kappa shape index (κ1) is 17.2. The number of ether oxygens (including phenoxy) is 2. The number of rotatable bonds is 11. The van der Waals surface area contributed by atoms with Crippen LogP contribution in [0.4, 0.5) is 0 Å². The van der Waals surface area contributed by atoms with Crippen LogP contribution in [-0.2, 0) is 15.9 Å². The van der Waals surface area contributed by atoms with E-state index in [4.69, 9.17) is 9.47 Å². The normalized spacial score (nSPS) is 12.8. The van der Waals surface area contributed by atoms with E-state index in [1.54, 1.807) is 0 Å². The fourth-order valence-electron chi connectivity index (χ4n) is 2.38. The highest BCUT2D eigenvalue weighted by Crippen LogP contribution is 2.12. The summed E-state index contributed by atoms with van der Waals surface area (Å²) in [5.74, 6) is 0. The fourth-order valence-corrected chi connectivity index (χ4v) is 2.38. The van der Waals surface area contributed by atoms with Crippen molar-refractivity contribution in [1.82, 2.24) is 5.32 Å². The molecule has 3 nitrogen and oxygen atoms in total. The van der Waals surface area contributed by atoms with Gasteiger partial charge in [-0.05, 0) is 45.2 Å². The van der Waals surface area contributed by atoms with Crippen LogP contribution in [0.25, 0.3) is 0 Å². The van der Waals surface area contributed by atoms with Gasteiger partial charge in [-0.25, -0.2) is 0 Å². The second-order valence-corrected chi connectivity index (χ2v) is 4.82. The fraction of sp³-hybridized carbons (Fsp3) is 0.647. The molecule has 1 aromatic carbocycles. The Kier molecular flexibility index (Phi) is 9.29. The van der Waals surface area contributed by atoms with Crippen molar-refractivity contribution in [1.29, 1.82) is 0 Å². The highest BCUT2D eigenvalue weighted by Gasteiger charge is 2.20. The van der Waals surface area contributed by atoms with E-state index in [-0.39, 0.29) is 12.3 Å². The molecule has 0 fully saturated rings. The van der Waals surface area contributed by atoms with Crippen LogP contribution in [0.1, 0.15) is 39.2 Å². The van der Waals surface area contributed by atoms with Gasteiger partial charge in [0, 0.05) is 13.2 Å². The number of hydrogen-bond donors (Lipinski definition) is 1. The van der Waals surface area contributed by atoms with Gasteiger partial charge < -0.3 is 14.8 Å². The first-order chi connectivity index (χ1) is 9.81. The predicted molar refractivity (Wildman–Crippen MR) is 83.9 cm³/mol. The van der Waals surface area contributed by atoms with Gasteiger partial charge in [0.05, 0.1) is 6.04 Å². The molecule has 114 valence electrons. The van der Waals surface area contributed by atoms with Crippen molar-refractivity contribution in [3.63, 3.8) is 0 Å². The van der Waals surface area contributed by atoms with Crippen molar-refractivity contribution in [3.05, 3.63) is 35.9 Å². The van der Waals surface area contributed by atoms with Crippen LogP contribution in [0.5, 0.6) is 0 Å². The van der Waals surface area contributed by atoms with Crippen LogP contribution >= 0.6 is 0 Å². The Morgan fingerprint density at radius 3 is 2.20 bits per heavy atom. The molecular formula is C17H29NO2. The van der Waals surface area contributed by atoms with E-state index in [0.717, 1.165) is 25.8 Å². The van der Waals surface area contributed by atoms with Gasteiger partial charge in [-0.2, -0.15) is 0 Å². The maximum Gasteiger partial charge on any atom is 0.172 e. The van der Waals surface area contributed by atoms with Crippen LogP contribution < -0.4 is 5.32 Å². The van der Waals surface area contributed by atoms with Crippen LogP contribution in [0.3, 0.4) is 0 Å². The SMILES string of the molecule is CCNC(CCCc1ccccc1)C(OCC)OCC. The first-order valence-electron chi connectivity index (χ1n) is 7.82. The second kappa shape index (κ2) is 10.8. The third-order valence-corrected chi connectivity index (χ3v) is 3.28.